The van der Waals surface area contributed by atoms with Crippen molar-refractivity contribution in [1.29, 1.82) is 0 Å². The van der Waals surface area contributed by atoms with Gasteiger partial charge in [0.15, 0.2) is 0 Å². The number of nitrogens with zero attached hydrogens (tertiary/aromatic N) is 2. The number of hydrogen-bond donors (Lipinski definition) is 1. The van der Waals surface area contributed by atoms with E-state index in [9.17, 15) is 4.79 Å². The fraction of sp³-hybridized carbons (Fsp3) is 0.400. The van der Waals surface area contributed by atoms with Crippen LogP contribution in [0.2, 0.25) is 5.02 Å². The molecule has 2 rings (SSSR count). The molecule has 7 heteroatoms. The van der Waals surface area contributed by atoms with Crippen molar-refractivity contribution in [3.63, 3.8) is 0 Å². The molecule has 1 aromatic heterocycles. The molecule has 0 aliphatic rings. The first-order valence-electron chi connectivity index (χ1n) is 7.18. The Labute approximate surface area is 138 Å². The van der Waals surface area contributed by atoms with E-state index in [4.69, 9.17) is 16.0 Å². The van der Waals surface area contributed by atoms with E-state index in [0.29, 0.717) is 22.7 Å². The zero-order valence-corrected chi connectivity index (χ0v) is 13.9. The highest BCUT2D eigenvalue weighted by Gasteiger charge is 2.11. The van der Waals surface area contributed by atoms with Crippen molar-refractivity contribution in [2.45, 2.75) is 31.4 Å². The van der Waals surface area contributed by atoms with Gasteiger partial charge in [-0.05, 0) is 24.6 Å². The van der Waals surface area contributed by atoms with Crippen LogP contribution in [-0.2, 0) is 4.79 Å². The van der Waals surface area contributed by atoms with Crippen molar-refractivity contribution >= 4 is 29.3 Å². The minimum Gasteiger partial charge on any atom is -0.411 e. The number of nitrogens with one attached hydrogen (secondary N) is 1. The van der Waals surface area contributed by atoms with Gasteiger partial charge in [0, 0.05) is 17.1 Å². The molecule has 1 heterocycles. The molecule has 1 aromatic carbocycles. The van der Waals surface area contributed by atoms with E-state index in [2.05, 4.69) is 22.4 Å². The summed E-state index contributed by atoms with van der Waals surface area (Å²) >= 11 is 7.15. The molecule has 0 saturated heterocycles. The summed E-state index contributed by atoms with van der Waals surface area (Å²) in [7, 11) is 0. The number of rotatable bonds is 8. The van der Waals surface area contributed by atoms with Crippen LogP contribution < -0.4 is 5.32 Å². The van der Waals surface area contributed by atoms with Crippen LogP contribution in [0.25, 0.3) is 11.5 Å². The maximum Gasteiger partial charge on any atom is 0.277 e. The topological polar surface area (TPSA) is 68.0 Å². The minimum atomic E-state index is -0.0244. The molecule has 0 fully saturated rings. The zero-order valence-electron chi connectivity index (χ0n) is 12.3. The van der Waals surface area contributed by atoms with Gasteiger partial charge >= 0.3 is 0 Å². The molecule has 22 heavy (non-hydrogen) atoms. The molecule has 118 valence electrons. The van der Waals surface area contributed by atoms with Crippen LogP contribution in [0.3, 0.4) is 0 Å². The standard InChI is InChI=1S/C15H18ClN3O2S/c1-2-3-4-8-17-13(20)10-22-15-19-18-14(21-15)11-6-5-7-12(16)9-11/h5-7,9H,2-4,8,10H2,1H3,(H,17,20). The van der Waals surface area contributed by atoms with E-state index in [1.54, 1.807) is 12.1 Å². The molecule has 0 radical (unpaired) electrons. The summed E-state index contributed by atoms with van der Waals surface area (Å²) in [6, 6.07) is 7.19. The molecule has 1 amide bonds. The van der Waals surface area contributed by atoms with E-state index in [0.717, 1.165) is 24.8 Å². The van der Waals surface area contributed by atoms with Crippen molar-refractivity contribution < 1.29 is 9.21 Å². The van der Waals surface area contributed by atoms with Crippen molar-refractivity contribution in [3.05, 3.63) is 29.3 Å². The van der Waals surface area contributed by atoms with Crippen molar-refractivity contribution in [2.24, 2.45) is 0 Å². The lowest BCUT2D eigenvalue weighted by Crippen LogP contribution is -2.26. The predicted octanol–water partition coefficient (Wildman–Crippen LogP) is 3.79. The lowest BCUT2D eigenvalue weighted by molar-refractivity contribution is -0.118. The number of halogens is 1. The van der Waals surface area contributed by atoms with Crippen LogP contribution in [0.4, 0.5) is 0 Å². The summed E-state index contributed by atoms with van der Waals surface area (Å²) in [6.45, 7) is 2.84. The quantitative estimate of drug-likeness (QED) is 0.585. The molecule has 0 bridgehead atoms. The Hall–Kier alpha value is -1.53. The molecular weight excluding hydrogens is 322 g/mol. The van der Waals surface area contributed by atoms with Gasteiger partial charge in [0.1, 0.15) is 0 Å². The van der Waals surface area contributed by atoms with Gasteiger partial charge in [-0.3, -0.25) is 4.79 Å². The molecule has 0 aliphatic heterocycles. The van der Waals surface area contributed by atoms with Gasteiger partial charge in [0.25, 0.3) is 5.22 Å². The Balaban J connectivity index is 1.81. The second-order valence-corrected chi connectivity index (χ2v) is 6.09. The third kappa shape index (κ3) is 5.35. The number of carbonyl (C=O) groups excluding carboxylic acids is 1. The number of amides is 1. The number of carbonyl (C=O) groups is 1. The van der Waals surface area contributed by atoms with Crippen molar-refractivity contribution in [2.75, 3.05) is 12.3 Å². The van der Waals surface area contributed by atoms with Gasteiger partial charge in [-0.2, -0.15) is 0 Å². The summed E-state index contributed by atoms with van der Waals surface area (Å²) in [6.07, 6.45) is 3.27. The molecule has 1 N–H and O–H groups in total. The van der Waals surface area contributed by atoms with Crippen LogP contribution in [0.1, 0.15) is 26.2 Å². The summed E-state index contributed by atoms with van der Waals surface area (Å²) in [5, 5.41) is 11.7. The van der Waals surface area contributed by atoms with Gasteiger partial charge in [0.05, 0.1) is 5.75 Å². The fourth-order valence-electron chi connectivity index (χ4n) is 1.79. The van der Waals surface area contributed by atoms with Gasteiger partial charge in [-0.1, -0.05) is 49.2 Å². The molecule has 0 spiro atoms. The Morgan fingerprint density at radius 1 is 1.36 bits per heavy atom. The van der Waals surface area contributed by atoms with Crippen molar-refractivity contribution in [3.8, 4) is 11.5 Å². The Kier molecular flexibility index (Phi) is 6.74. The van der Waals surface area contributed by atoms with Gasteiger partial charge in [-0.25, -0.2) is 0 Å². The normalized spacial score (nSPS) is 10.6. The van der Waals surface area contributed by atoms with Gasteiger partial charge < -0.3 is 9.73 Å². The number of unbranched alkanes of at least 4 members (excludes halogenated alkanes) is 2. The predicted molar refractivity (Wildman–Crippen MR) is 88.0 cm³/mol. The first-order chi connectivity index (χ1) is 10.7. The first kappa shape index (κ1) is 16.8. The molecule has 0 unspecified atom stereocenters. The van der Waals surface area contributed by atoms with Crippen molar-refractivity contribution in [1.82, 2.24) is 15.5 Å². The SMILES string of the molecule is CCCCCNC(=O)CSc1nnc(-c2cccc(Cl)c2)o1. The molecule has 0 saturated carbocycles. The average Bonchev–Trinajstić information content (AvgIpc) is 2.98. The third-order valence-electron chi connectivity index (χ3n) is 2.91. The molecule has 0 atom stereocenters. The number of thioether (sulfide) groups is 1. The van der Waals surface area contributed by atoms with Crippen LogP contribution >= 0.6 is 23.4 Å². The minimum absolute atomic E-state index is 0.0244. The summed E-state index contributed by atoms with van der Waals surface area (Å²) in [4.78, 5) is 11.7. The molecule has 2 aromatic rings. The van der Waals surface area contributed by atoms with Crippen LogP contribution in [-0.4, -0.2) is 28.4 Å². The highest BCUT2D eigenvalue weighted by Crippen LogP contribution is 2.24. The average molecular weight is 340 g/mol. The lowest BCUT2D eigenvalue weighted by Gasteiger charge is -2.02. The number of hydrogen-bond acceptors (Lipinski definition) is 5. The van der Waals surface area contributed by atoms with Gasteiger partial charge in [-0.15, -0.1) is 10.2 Å². The van der Waals surface area contributed by atoms with E-state index in [1.165, 1.54) is 11.8 Å². The summed E-state index contributed by atoms with van der Waals surface area (Å²) in [5.41, 5.74) is 0.760. The third-order valence-corrected chi connectivity index (χ3v) is 3.96. The first-order valence-corrected chi connectivity index (χ1v) is 8.54. The maximum atomic E-state index is 11.7. The van der Waals surface area contributed by atoms with E-state index in [-0.39, 0.29) is 11.7 Å². The fourth-order valence-corrected chi connectivity index (χ4v) is 2.57. The number of benzene rings is 1. The highest BCUT2D eigenvalue weighted by molar-refractivity contribution is 7.99. The highest BCUT2D eigenvalue weighted by atomic mass is 35.5. The zero-order chi connectivity index (χ0) is 15.8. The van der Waals surface area contributed by atoms with E-state index in [1.807, 2.05) is 12.1 Å². The lowest BCUT2D eigenvalue weighted by atomic mass is 10.2. The van der Waals surface area contributed by atoms with E-state index < -0.39 is 0 Å². The maximum absolute atomic E-state index is 11.7. The monoisotopic (exact) mass is 339 g/mol. The second kappa shape index (κ2) is 8.80. The van der Waals surface area contributed by atoms with Crippen LogP contribution in [0, 0.1) is 0 Å². The summed E-state index contributed by atoms with van der Waals surface area (Å²) < 4.78 is 5.52. The summed E-state index contributed by atoms with van der Waals surface area (Å²) in [5.74, 6) is 0.639. The smallest absolute Gasteiger partial charge is 0.277 e. The van der Waals surface area contributed by atoms with Gasteiger partial charge in [0.2, 0.25) is 11.8 Å². The van der Waals surface area contributed by atoms with Crippen LogP contribution in [0.15, 0.2) is 33.9 Å². The Morgan fingerprint density at radius 3 is 3.00 bits per heavy atom. The molecule has 0 aliphatic carbocycles. The Bertz CT molecular complexity index is 618. The Morgan fingerprint density at radius 2 is 2.23 bits per heavy atom. The second-order valence-electron chi connectivity index (χ2n) is 4.73. The van der Waals surface area contributed by atoms with E-state index >= 15 is 0 Å². The largest absolute Gasteiger partial charge is 0.411 e. The number of aromatic nitrogens is 2. The van der Waals surface area contributed by atoms with Crippen LogP contribution in [0.5, 0.6) is 0 Å². The molecular formula is C15H18ClN3O2S. The molecule has 5 nitrogen and oxygen atoms in total.